The Morgan fingerprint density at radius 1 is 0.974 bits per heavy atom. The van der Waals surface area contributed by atoms with Gasteiger partial charge < -0.3 is 18.6 Å². The molecule has 4 unspecified atom stereocenters. The zero-order valence-electron chi connectivity index (χ0n) is 21.3. The zero-order valence-corrected chi connectivity index (χ0v) is 29.2. The molecule has 4 atom stereocenters. The number of amides is 2. The van der Waals surface area contributed by atoms with Gasteiger partial charge in [0, 0.05) is 0 Å². The summed E-state index contributed by atoms with van der Waals surface area (Å²) in [5, 5.41) is 0.469. The molecule has 39 heavy (non-hydrogen) atoms. The van der Waals surface area contributed by atoms with E-state index in [1.54, 1.807) is 0 Å². The minimum Gasteiger partial charge on any atom is -0.743 e. The number of quaternary nitrogens is 2. The minimum absolute atomic E-state index is 0. The van der Waals surface area contributed by atoms with Gasteiger partial charge in [-0.15, -0.1) is 9.18 Å². The summed E-state index contributed by atoms with van der Waals surface area (Å²) in [6, 6.07) is 0. The standard InChI is InChI=1S/C19H20N4O12S2.2K/c1-3-34-18(26)14-10(16(24)22(20-14)8-12(22)36(28,29)30)6-5-7-11-15(19(27)35-4-2)21-23(17(11)25)9-13(23)37(31,32)33;;/h5-7,12-13H,3-4,8-9H2,1-2H3,(H-2,20,21,24,25,28,29,30,31,32,33);;/q;2*+1. The molecule has 2 spiro atoms. The molecule has 0 aliphatic carbocycles. The first kappa shape index (κ1) is 35.2. The van der Waals surface area contributed by atoms with Crippen molar-refractivity contribution in [2.24, 2.45) is 5.10 Å². The van der Waals surface area contributed by atoms with Crippen LogP contribution in [0.3, 0.4) is 0 Å². The molecule has 4 aliphatic rings. The molecule has 0 radical (unpaired) electrons. The average Bonchev–Trinajstić information content (AvgIpc) is 3.66. The quantitative estimate of drug-likeness (QED) is 0.0652. The topological polar surface area (TPSA) is 226 Å². The Kier molecular flexibility index (Phi) is 11.1. The van der Waals surface area contributed by atoms with Crippen LogP contribution in [0.25, 0.3) is 0 Å². The van der Waals surface area contributed by atoms with Crippen molar-refractivity contribution < 1.29 is 167 Å². The van der Waals surface area contributed by atoms with Gasteiger partial charge in [0.25, 0.3) is 10.7 Å². The van der Waals surface area contributed by atoms with Crippen molar-refractivity contribution in [1.82, 2.24) is 5.43 Å². The van der Waals surface area contributed by atoms with Crippen LogP contribution in [0.1, 0.15) is 13.8 Å². The molecule has 0 bridgehead atoms. The molecule has 2 amide bonds. The first-order chi connectivity index (χ1) is 17.1. The van der Waals surface area contributed by atoms with E-state index < -0.39 is 94.0 Å². The number of rotatable bonds is 8. The van der Waals surface area contributed by atoms with E-state index in [0.717, 1.165) is 18.2 Å². The van der Waals surface area contributed by atoms with Gasteiger partial charge >= 0.3 is 127 Å². The van der Waals surface area contributed by atoms with E-state index in [1.165, 1.54) is 13.8 Å². The third-order valence-electron chi connectivity index (χ3n) is 6.01. The van der Waals surface area contributed by atoms with Gasteiger partial charge in [-0.05, 0) is 26.0 Å². The third-order valence-corrected chi connectivity index (χ3v) is 8.35. The fraction of sp³-hybridized carbons (Fsp3) is 0.421. The van der Waals surface area contributed by atoms with Gasteiger partial charge in [0.2, 0.25) is 5.71 Å². The van der Waals surface area contributed by atoms with Crippen molar-refractivity contribution in [3.8, 4) is 0 Å². The second-order valence-electron chi connectivity index (χ2n) is 8.30. The smallest absolute Gasteiger partial charge is 0.743 e. The molecule has 20 heteroatoms. The molecule has 2 saturated heterocycles. The molecule has 0 saturated carbocycles. The number of carbonyl (C=O) groups is 4. The molecule has 0 aromatic heterocycles. The maximum absolute atomic E-state index is 13.0. The molecule has 0 aromatic rings. The number of hydrogen-bond donors (Lipinski definition) is 1. The van der Waals surface area contributed by atoms with Gasteiger partial charge in [0.15, 0.2) is 39.0 Å². The fourth-order valence-corrected chi connectivity index (χ4v) is 6.12. The molecule has 4 aliphatic heterocycles. The molecular formula is C19H20K2N4O12S2+2. The summed E-state index contributed by atoms with van der Waals surface area (Å²) in [6.45, 7) is 1.90. The predicted octanol–water partition coefficient (Wildman–Crippen LogP) is -8.80. The van der Waals surface area contributed by atoms with Gasteiger partial charge in [-0.1, -0.05) is 11.2 Å². The third kappa shape index (κ3) is 6.35. The van der Waals surface area contributed by atoms with Gasteiger partial charge in [-0.2, -0.15) is 0 Å². The molecule has 4 rings (SSSR count). The van der Waals surface area contributed by atoms with E-state index >= 15 is 0 Å². The largest absolute Gasteiger partial charge is 1.00 e. The fourth-order valence-electron chi connectivity index (χ4n) is 4.13. The summed E-state index contributed by atoms with van der Waals surface area (Å²) < 4.78 is 76.3. The van der Waals surface area contributed by atoms with E-state index in [0.29, 0.717) is 0 Å². The van der Waals surface area contributed by atoms with E-state index in [2.05, 4.69) is 10.5 Å². The Morgan fingerprint density at radius 2 is 1.54 bits per heavy atom. The number of carbonyl (C=O) groups excluding carboxylic acids is 4. The van der Waals surface area contributed by atoms with Gasteiger partial charge in [-0.3, -0.25) is 0 Å². The van der Waals surface area contributed by atoms with E-state index in [4.69, 9.17) is 9.47 Å². The molecule has 0 aromatic carbocycles. The number of ether oxygens (including phenoxy) is 2. The summed E-state index contributed by atoms with van der Waals surface area (Å²) in [7, 11) is -9.81. The van der Waals surface area contributed by atoms with Crippen molar-refractivity contribution in [3.63, 3.8) is 0 Å². The number of allylic oxidation sites excluding steroid dienone is 2. The number of hydrogen-bond acceptors (Lipinski definition) is 14. The van der Waals surface area contributed by atoms with E-state index in [-0.39, 0.29) is 122 Å². The van der Waals surface area contributed by atoms with Crippen LogP contribution in [0.4, 0.5) is 0 Å². The Hall–Kier alpha value is -0.0173. The molecular weight excluding hydrogens is 619 g/mol. The SMILES string of the molecule is CCOC(=O)C1=N[N+]2(CC2S(=O)(=O)[O-])C(=O)/C1=C\C=CC1=C(C(=O)OCC)N[N+]2(CC2S(=O)(=O)[O-])C1=O.[K+].[K+]. The van der Waals surface area contributed by atoms with Crippen molar-refractivity contribution >= 4 is 49.7 Å². The van der Waals surface area contributed by atoms with Gasteiger partial charge in [0.1, 0.15) is 11.1 Å². The van der Waals surface area contributed by atoms with Gasteiger partial charge in [0.05, 0.1) is 13.2 Å². The Morgan fingerprint density at radius 3 is 2.03 bits per heavy atom. The Bertz CT molecular complexity index is 1490. The Balaban J connectivity index is 0.00000267. The molecule has 2 fully saturated rings. The monoisotopic (exact) mass is 638 g/mol. The van der Waals surface area contributed by atoms with Crippen molar-refractivity contribution in [1.29, 1.82) is 0 Å². The van der Waals surface area contributed by atoms with Crippen LogP contribution >= 0.6 is 0 Å². The second kappa shape index (κ2) is 12.3. The van der Waals surface area contributed by atoms with Crippen LogP contribution in [0, 0.1) is 0 Å². The summed E-state index contributed by atoms with van der Waals surface area (Å²) in [4.78, 5) is 50.7. The average molecular weight is 639 g/mol. The van der Waals surface area contributed by atoms with E-state index in [9.17, 15) is 45.1 Å². The Labute approximate surface area is 308 Å². The van der Waals surface area contributed by atoms with Crippen molar-refractivity contribution in [2.45, 2.75) is 24.6 Å². The maximum atomic E-state index is 13.0. The van der Waals surface area contributed by atoms with Crippen LogP contribution in [-0.4, -0.2) is 102 Å². The van der Waals surface area contributed by atoms with Crippen molar-refractivity contribution in [2.75, 3.05) is 26.3 Å². The summed E-state index contributed by atoms with van der Waals surface area (Å²) in [6.07, 6.45) is 3.10. The van der Waals surface area contributed by atoms with Crippen LogP contribution in [-0.2, 0) is 48.9 Å². The minimum atomic E-state index is -4.92. The van der Waals surface area contributed by atoms with E-state index in [1.807, 2.05) is 0 Å². The predicted molar refractivity (Wildman–Crippen MR) is 115 cm³/mol. The molecule has 1 N–H and O–H groups in total. The number of nitrogens with one attached hydrogen (secondary N) is 1. The van der Waals surface area contributed by atoms with Crippen LogP contribution < -0.4 is 108 Å². The van der Waals surface area contributed by atoms with Gasteiger partial charge in [-0.25, -0.2) is 41.4 Å². The molecule has 16 nitrogen and oxygen atoms in total. The van der Waals surface area contributed by atoms with Crippen LogP contribution in [0.15, 0.2) is 40.2 Å². The maximum Gasteiger partial charge on any atom is 1.00 e. The summed E-state index contributed by atoms with van der Waals surface area (Å²) in [5.74, 6) is -3.96. The zero-order chi connectivity index (χ0) is 27.6. The summed E-state index contributed by atoms with van der Waals surface area (Å²) in [5.41, 5.74) is 0.702. The second-order valence-corrected chi connectivity index (χ2v) is 11.4. The molecule has 4 heterocycles. The van der Waals surface area contributed by atoms with Crippen LogP contribution in [0.5, 0.6) is 0 Å². The first-order valence-corrected chi connectivity index (χ1v) is 13.7. The van der Waals surface area contributed by atoms with Crippen molar-refractivity contribution in [3.05, 3.63) is 35.1 Å². The number of nitrogens with zero attached hydrogens (tertiary/aromatic N) is 3. The van der Waals surface area contributed by atoms with Crippen LogP contribution in [0.2, 0.25) is 0 Å². The first-order valence-electron chi connectivity index (χ1n) is 10.7. The number of esters is 2. The normalized spacial score (nSPS) is 30.3. The summed E-state index contributed by atoms with van der Waals surface area (Å²) >= 11 is 0. The molecule has 200 valence electrons.